The van der Waals surface area contributed by atoms with Crippen molar-refractivity contribution in [2.75, 3.05) is 14.1 Å². The molecule has 0 saturated heterocycles. The molecular formula is C35H33F2N5O2. The molecule has 0 fully saturated rings. The monoisotopic (exact) mass is 593 g/mol. The Hall–Kier alpha value is -4.89. The van der Waals surface area contributed by atoms with Gasteiger partial charge in [-0.25, -0.2) is 23.7 Å². The number of halogens is 2. The highest BCUT2D eigenvalue weighted by Gasteiger charge is 2.14. The summed E-state index contributed by atoms with van der Waals surface area (Å²) in [5.74, 6) is -1.54. The third-order valence-corrected chi connectivity index (χ3v) is 7.24. The minimum Gasteiger partial charge on any atom is -0.305 e. The number of benzene rings is 3. The van der Waals surface area contributed by atoms with Crippen LogP contribution in [0.2, 0.25) is 0 Å². The van der Waals surface area contributed by atoms with Crippen LogP contribution in [-0.2, 0) is 19.5 Å². The molecule has 5 rings (SSSR count). The van der Waals surface area contributed by atoms with Crippen molar-refractivity contribution in [3.63, 3.8) is 0 Å². The molecule has 2 aromatic heterocycles. The van der Waals surface area contributed by atoms with Crippen molar-refractivity contribution in [3.05, 3.63) is 141 Å². The maximum absolute atomic E-state index is 13.6. The van der Waals surface area contributed by atoms with Gasteiger partial charge in [-0.2, -0.15) is 0 Å². The molecule has 9 heteroatoms. The van der Waals surface area contributed by atoms with Crippen molar-refractivity contribution in [2.24, 2.45) is 0 Å². The van der Waals surface area contributed by atoms with Crippen LogP contribution in [0, 0.1) is 11.6 Å². The summed E-state index contributed by atoms with van der Waals surface area (Å²) in [4.78, 5) is 41.3. The van der Waals surface area contributed by atoms with Gasteiger partial charge in [0.05, 0.1) is 18.4 Å². The topological polar surface area (TPSA) is 81.0 Å². The van der Waals surface area contributed by atoms with Gasteiger partial charge < -0.3 is 4.90 Å². The zero-order valence-electron chi connectivity index (χ0n) is 24.9. The minimum atomic E-state index is -1.00. The second kappa shape index (κ2) is 13.6. The number of Topliss-reactive ketones (excluding diaryl/α,β-unsaturated/α-hetero) is 1. The quantitative estimate of drug-likeness (QED) is 0.169. The van der Waals surface area contributed by atoms with Crippen molar-refractivity contribution in [1.82, 2.24) is 24.4 Å². The van der Waals surface area contributed by atoms with E-state index in [-0.39, 0.29) is 24.3 Å². The predicted octanol–water partition coefficient (Wildman–Crippen LogP) is 6.23. The predicted molar refractivity (Wildman–Crippen MR) is 167 cm³/mol. The smallest absolute Gasteiger partial charge is 0.264 e. The molecule has 0 spiro atoms. The van der Waals surface area contributed by atoms with Gasteiger partial charge in [0, 0.05) is 37.2 Å². The summed E-state index contributed by atoms with van der Waals surface area (Å²) in [5, 5.41) is 0.921. The van der Waals surface area contributed by atoms with Crippen LogP contribution in [0.5, 0.6) is 0 Å². The summed E-state index contributed by atoms with van der Waals surface area (Å²) < 4.78 is 28.0. The largest absolute Gasteiger partial charge is 0.305 e. The summed E-state index contributed by atoms with van der Waals surface area (Å²) in [7, 11) is 4.10. The van der Waals surface area contributed by atoms with Gasteiger partial charge in [0.2, 0.25) is 0 Å². The van der Waals surface area contributed by atoms with E-state index in [1.54, 1.807) is 0 Å². The first-order valence-electron chi connectivity index (χ1n) is 14.3. The minimum absolute atomic E-state index is 0.0274. The van der Waals surface area contributed by atoms with Gasteiger partial charge in [0.1, 0.15) is 11.4 Å². The maximum atomic E-state index is 13.6. The Balaban J connectivity index is 1.21. The van der Waals surface area contributed by atoms with Crippen LogP contribution in [-0.4, -0.2) is 44.3 Å². The van der Waals surface area contributed by atoms with Gasteiger partial charge in [0.15, 0.2) is 17.4 Å². The Morgan fingerprint density at radius 1 is 0.909 bits per heavy atom. The molecule has 0 aliphatic heterocycles. The molecule has 0 aliphatic rings. The van der Waals surface area contributed by atoms with Crippen molar-refractivity contribution < 1.29 is 13.6 Å². The molecule has 0 saturated carbocycles. The number of hydrogen-bond acceptors (Lipinski definition) is 6. The number of hydrogen-bond donors (Lipinski definition) is 0. The molecule has 0 aliphatic carbocycles. The molecule has 0 unspecified atom stereocenters. The highest BCUT2D eigenvalue weighted by molar-refractivity contribution is 5.95. The van der Waals surface area contributed by atoms with Gasteiger partial charge >= 0.3 is 0 Å². The fourth-order valence-corrected chi connectivity index (χ4v) is 4.97. The lowest BCUT2D eigenvalue weighted by molar-refractivity contribution is 0.0980. The average molecular weight is 594 g/mol. The van der Waals surface area contributed by atoms with Crippen LogP contribution < -0.4 is 5.56 Å². The van der Waals surface area contributed by atoms with E-state index in [9.17, 15) is 18.4 Å². The SMILES string of the molecule is C/C(=C\c1ccc2nc(Cc3ccc(CN(C)C)cc3)ncc2c1)CCC(=O)c1cncn(Cc2ccc(F)c(F)c2)c1=O. The van der Waals surface area contributed by atoms with Crippen LogP contribution in [0.1, 0.15) is 58.2 Å². The van der Waals surface area contributed by atoms with Crippen molar-refractivity contribution in [2.45, 2.75) is 39.3 Å². The Morgan fingerprint density at radius 2 is 1.66 bits per heavy atom. The van der Waals surface area contributed by atoms with E-state index in [0.717, 1.165) is 52.1 Å². The van der Waals surface area contributed by atoms with Gasteiger partial charge in [-0.15, -0.1) is 0 Å². The number of fused-ring (bicyclic) bond motifs is 1. The summed E-state index contributed by atoms with van der Waals surface area (Å²) in [6, 6.07) is 17.9. The normalized spacial score (nSPS) is 11.8. The summed E-state index contributed by atoms with van der Waals surface area (Å²) in [6.45, 7) is 2.81. The molecule has 3 aromatic carbocycles. The van der Waals surface area contributed by atoms with E-state index in [1.165, 1.54) is 28.7 Å². The number of aromatic nitrogens is 4. The van der Waals surface area contributed by atoms with Gasteiger partial charge in [-0.1, -0.05) is 48.0 Å². The molecule has 5 aromatic rings. The first kappa shape index (κ1) is 30.6. The summed E-state index contributed by atoms with van der Waals surface area (Å²) in [6.07, 6.45) is 7.61. The average Bonchev–Trinajstić information content (AvgIpc) is 2.99. The zero-order chi connectivity index (χ0) is 31.2. The summed E-state index contributed by atoms with van der Waals surface area (Å²) in [5.41, 5.74) is 5.04. The molecule has 0 radical (unpaired) electrons. The van der Waals surface area contributed by atoms with Gasteiger partial charge in [0.25, 0.3) is 5.56 Å². The van der Waals surface area contributed by atoms with E-state index < -0.39 is 17.2 Å². The zero-order valence-corrected chi connectivity index (χ0v) is 24.9. The standard InChI is InChI=1S/C35H33F2N5O2/c1-23(4-13-33(43)29-19-38-22-42(35(29)44)21-27-9-11-30(36)31(37)16-27)14-26-10-12-32-28(15-26)18-39-34(40-32)17-24-5-7-25(8-6-24)20-41(2)3/h5-12,14-16,18-19,22H,4,13,17,20-21H2,1-3H3/b23-14+. The molecule has 0 atom stereocenters. The van der Waals surface area contributed by atoms with Crippen LogP contribution >= 0.6 is 0 Å². The number of carbonyl (C=O) groups excluding carboxylic acids is 1. The van der Waals surface area contributed by atoms with Crippen LogP contribution in [0.15, 0.2) is 89.8 Å². The van der Waals surface area contributed by atoms with Crippen molar-refractivity contribution >= 4 is 22.8 Å². The van der Waals surface area contributed by atoms with E-state index in [2.05, 4.69) is 53.2 Å². The third kappa shape index (κ3) is 7.73. The Morgan fingerprint density at radius 3 is 2.41 bits per heavy atom. The molecule has 0 bridgehead atoms. The molecule has 224 valence electrons. The number of carbonyl (C=O) groups is 1. The van der Waals surface area contributed by atoms with E-state index >= 15 is 0 Å². The molecule has 44 heavy (non-hydrogen) atoms. The van der Waals surface area contributed by atoms with Crippen LogP contribution in [0.3, 0.4) is 0 Å². The van der Waals surface area contributed by atoms with Gasteiger partial charge in [-0.3, -0.25) is 14.2 Å². The lowest BCUT2D eigenvalue weighted by atomic mass is 10.0. The lowest BCUT2D eigenvalue weighted by Gasteiger charge is -2.10. The highest BCUT2D eigenvalue weighted by Crippen LogP contribution is 2.19. The van der Waals surface area contributed by atoms with Crippen LogP contribution in [0.4, 0.5) is 8.78 Å². The maximum Gasteiger partial charge on any atom is 0.264 e. The van der Waals surface area contributed by atoms with E-state index in [1.807, 2.05) is 37.4 Å². The first-order chi connectivity index (χ1) is 21.1. The van der Waals surface area contributed by atoms with E-state index in [0.29, 0.717) is 18.4 Å². The van der Waals surface area contributed by atoms with Crippen molar-refractivity contribution in [1.29, 1.82) is 0 Å². The third-order valence-electron chi connectivity index (χ3n) is 7.24. The number of rotatable bonds is 11. The summed E-state index contributed by atoms with van der Waals surface area (Å²) >= 11 is 0. The lowest BCUT2D eigenvalue weighted by Crippen LogP contribution is -2.27. The highest BCUT2D eigenvalue weighted by atomic mass is 19.2. The van der Waals surface area contributed by atoms with Crippen LogP contribution in [0.25, 0.3) is 17.0 Å². The fourth-order valence-electron chi connectivity index (χ4n) is 4.97. The number of allylic oxidation sites excluding steroid dienone is 1. The number of ketones is 1. The Labute approximate surface area is 254 Å². The molecule has 2 heterocycles. The van der Waals surface area contributed by atoms with Crippen molar-refractivity contribution in [3.8, 4) is 0 Å². The van der Waals surface area contributed by atoms with E-state index in [4.69, 9.17) is 4.98 Å². The molecule has 0 amide bonds. The molecule has 0 N–H and O–H groups in total. The molecular weight excluding hydrogens is 560 g/mol. The first-order valence-corrected chi connectivity index (χ1v) is 14.3. The van der Waals surface area contributed by atoms with Gasteiger partial charge in [-0.05, 0) is 74.0 Å². The molecule has 7 nitrogen and oxygen atoms in total. The number of nitrogens with zero attached hydrogens (tertiary/aromatic N) is 5. The Kier molecular flexibility index (Phi) is 9.45. The Bertz CT molecular complexity index is 1900. The fraction of sp³-hybridized carbons (Fsp3) is 0.229. The second-order valence-electron chi connectivity index (χ2n) is 11.2. The second-order valence-corrected chi connectivity index (χ2v) is 11.2.